The van der Waals surface area contributed by atoms with Crippen molar-refractivity contribution in [2.24, 2.45) is 0 Å². The molecule has 210 valence electrons. The number of hydrogen-bond donors (Lipinski definition) is 2. The van der Waals surface area contributed by atoms with Crippen molar-refractivity contribution in [2.75, 3.05) is 31.5 Å². The molecule has 1 fully saturated rings. The maximum absolute atomic E-state index is 13.3. The third-order valence-corrected chi connectivity index (χ3v) is 8.34. The van der Waals surface area contributed by atoms with E-state index in [9.17, 15) is 26.0 Å². The number of aromatic nitrogens is 3. The number of sulfonamides is 1. The highest BCUT2D eigenvalue weighted by molar-refractivity contribution is 7.89. The van der Waals surface area contributed by atoms with Crippen LogP contribution in [0.4, 0.5) is 28.9 Å². The van der Waals surface area contributed by atoms with Crippen LogP contribution in [-0.4, -0.2) is 71.2 Å². The van der Waals surface area contributed by atoms with E-state index in [4.69, 9.17) is 5.41 Å². The van der Waals surface area contributed by atoms with Crippen LogP contribution in [0.1, 0.15) is 36.1 Å². The van der Waals surface area contributed by atoms with Gasteiger partial charge in [-0.2, -0.15) is 27.4 Å². The number of aryl methyl sites for hydroxylation is 2. The van der Waals surface area contributed by atoms with Crippen LogP contribution in [0.25, 0.3) is 0 Å². The van der Waals surface area contributed by atoms with Crippen molar-refractivity contribution < 1.29 is 26.0 Å². The van der Waals surface area contributed by atoms with E-state index in [1.165, 1.54) is 21.2 Å². The number of halogens is 4. The lowest BCUT2D eigenvalue weighted by Crippen LogP contribution is -2.51. The van der Waals surface area contributed by atoms with E-state index < -0.39 is 34.5 Å². The van der Waals surface area contributed by atoms with Crippen molar-refractivity contribution in [1.29, 1.82) is 5.41 Å². The van der Waals surface area contributed by atoms with E-state index in [2.05, 4.69) is 15.5 Å². The molecule has 0 unspecified atom stereocenters. The topological polar surface area (TPSA) is 107 Å². The van der Waals surface area contributed by atoms with E-state index in [1.54, 1.807) is 43.0 Å². The largest absolute Gasteiger partial charge is 0.390 e. The molecule has 0 aliphatic carbocycles. The highest BCUT2D eigenvalue weighted by atomic mass is 32.2. The standard InChI is InChI=1S/C25H29F4N7O2S/c1-3-36-31-15-24(33-36)39(37,38)35-11-10-34(9-8-25(27,28)29)23(16-35)21-13-18(14-30)22(12-17(21)2)32-20-6-4-19(26)5-7-20/h4-7,12-15,23,30,32H,3,8-11,16H2,1-2H3/t23-/m0/s1. The summed E-state index contributed by atoms with van der Waals surface area (Å²) in [5.74, 6) is -0.396. The molecule has 39 heavy (non-hydrogen) atoms. The second-order valence-corrected chi connectivity index (χ2v) is 11.1. The molecule has 4 rings (SSSR count). The molecule has 1 aliphatic rings. The van der Waals surface area contributed by atoms with Gasteiger partial charge in [0.15, 0.2) is 0 Å². The fourth-order valence-corrected chi connectivity index (χ4v) is 5.85. The van der Waals surface area contributed by atoms with Crippen molar-refractivity contribution in [3.8, 4) is 0 Å². The lowest BCUT2D eigenvalue weighted by Gasteiger charge is -2.41. The van der Waals surface area contributed by atoms with Crippen LogP contribution in [0.3, 0.4) is 0 Å². The summed E-state index contributed by atoms with van der Waals surface area (Å²) in [5.41, 5.74) is 2.90. The molecule has 1 saturated heterocycles. The highest BCUT2D eigenvalue weighted by Crippen LogP contribution is 2.35. The van der Waals surface area contributed by atoms with E-state index in [1.807, 2.05) is 0 Å². The number of rotatable bonds is 9. The summed E-state index contributed by atoms with van der Waals surface area (Å²) in [6.07, 6.45) is -3.14. The average molecular weight is 568 g/mol. The van der Waals surface area contributed by atoms with Crippen LogP contribution in [0.2, 0.25) is 0 Å². The third kappa shape index (κ3) is 6.62. The van der Waals surface area contributed by atoms with Gasteiger partial charge < -0.3 is 10.7 Å². The Bertz CT molecular complexity index is 1430. The number of nitrogens with zero attached hydrogens (tertiary/aromatic N) is 5. The van der Waals surface area contributed by atoms with E-state index in [0.29, 0.717) is 34.6 Å². The van der Waals surface area contributed by atoms with Gasteiger partial charge in [0.05, 0.1) is 19.2 Å². The zero-order valence-corrected chi connectivity index (χ0v) is 22.2. The van der Waals surface area contributed by atoms with Crippen molar-refractivity contribution in [3.05, 3.63) is 65.1 Å². The number of alkyl halides is 3. The van der Waals surface area contributed by atoms with Crippen LogP contribution in [0, 0.1) is 18.2 Å². The lowest BCUT2D eigenvalue weighted by atomic mass is 9.94. The summed E-state index contributed by atoms with van der Waals surface area (Å²) in [7, 11) is -4.04. The molecule has 1 aromatic heterocycles. The predicted molar refractivity (Wildman–Crippen MR) is 138 cm³/mol. The first-order valence-electron chi connectivity index (χ1n) is 12.3. The van der Waals surface area contributed by atoms with Gasteiger partial charge >= 0.3 is 6.18 Å². The molecule has 2 heterocycles. The number of hydrogen-bond acceptors (Lipinski definition) is 7. The third-order valence-electron chi connectivity index (χ3n) is 6.61. The Kier molecular flexibility index (Phi) is 8.37. The van der Waals surface area contributed by atoms with Crippen molar-refractivity contribution in [1.82, 2.24) is 24.2 Å². The molecule has 3 aromatic rings. The second-order valence-electron chi connectivity index (χ2n) is 9.22. The Morgan fingerprint density at radius 1 is 1.18 bits per heavy atom. The van der Waals surface area contributed by atoms with Crippen molar-refractivity contribution >= 4 is 27.6 Å². The summed E-state index contributed by atoms with van der Waals surface area (Å²) >= 11 is 0. The van der Waals surface area contributed by atoms with Gasteiger partial charge in [0.1, 0.15) is 5.82 Å². The smallest absolute Gasteiger partial charge is 0.355 e. The monoisotopic (exact) mass is 567 g/mol. The van der Waals surface area contributed by atoms with Gasteiger partial charge in [-0.15, -0.1) is 5.10 Å². The first-order valence-corrected chi connectivity index (χ1v) is 13.7. The molecule has 14 heteroatoms. The normalized spacial score (nSPS) is 17.3. The predicted octanol–water partition coefficient (Wildman–Crippen LogP) is 4.49. The summed E-state index contributed by atoms with van der Waals surface area (Å²) in [4.78, 5) is 2.88. The molecule has 0 saturated carbocycles. The number of anilines is 2. The average Bonchev–Trinajstić information content (AvgIpc) is 3.39. The Balaban J connectivity index is 1.68. The highest BCUT2D eigenvalue weighted by Gasteiger charge is 2.38. The number of benzene rings is 2. The molecule has 9 nitrogen and oxygen atoms in total. The SMILES string of the molecule is CCn1ncc(S(=O)(=O)N2CCN(CCC(F)(F)F)[C@H](c3cc(C=N)c(Nc4ccc(F)cc4)cc3C)C2)n1. The Morgan fingerprint density at radius 3 is 2.51 bits per heavy atom. The van der Waals surface area contributed by atoms with Crippen LogP contribution >= 0.6 is 0 Å². The fourth-order valence-electron chi connectivity index (χ4n) is 4.55. The second kappa shape index (κ2) is 11.4. The Hall–Kier alpha value is -3.36. The molecule has 2 N–H and O–H groups in total. The molecule has 0 spiro atoms. The van der Waals surface area contributed by atoms with Gasteiger partial charge in [-0.25, -0.2) is 12.8 Å². The minimum atomic E-state index is -4.37. The Morgan fingerprint density at radius 2 is 1.90 bits per heavy atom. The molecule has 0 radical (unpaired) electrons. The van der Waals surface area contributed by atoms with E-state index >= 15 is 0 Å². The van der Waals surface area contributed by atoms with Gasteiger partial charge in [0, 0.05) is 55.4 Å². The number of piperazine rings is 1. The van der Waals surface area contributed by atoms with E-state index in [0.717, 1.165) is 12.4 Å². The molecule has 0 amide bonds. The first-order chi connectivity index (χ1) is 18.4. The minimum Gasteiger partial charge on any atom is -0.355 e. The molecular formula is C25H29F4N7O2S. The molecule has 2 aromatic carbocycles. The van der Waals surface area contributed by atoms with Gasteiger partial charge in [0.25, 0.3) is 10.0 Å². The zero-order valence-electron chi connectivity index (χ0n) is 21.4. The molecule has 1 aliphatic heterocycles. The maximum atomic E-state index is 13.3. The van der Waals surface area contributed by atoms with Crippen molar-refractivity contribution in [2.45, 2.75) is 44.1 Å². The van der Waals surface area contributed by atoms with Crippen LogP contribution in [0.15, 0.2) is 47.6 Å². The van der Waals surface area contributed by atoms with E-state index in [-0.39, 0.29) is 31.2 Å². The summed E-state index contributed by atoms with van der Waals surface area (Å²) < 4.78 is 80.6. The first kappa shape index (κ1) is 28.6. The maximum Gasteiger partial charge on any atom is 0.390 e. The lowest BCUT2D eigenvalue weighted by molar-refractivity contribution is -0.140. The van der Waals surface area contributed by atoms with Gasteiger partial charge in [-0.3, -0.25) is 4.90 Å². The van der Waals surface area contributed by atoms with Crippen molar-refractivity contribution in [3.63, 3.8) is 0 Å². The molecule has 0 bridgehead atoms. The Labute approximate surface area is 224 Å². The van der Waals surface area contributed by atoms with Crippen LogP contribution < -0.4 is 5.32 Å². The quantitative estimate of drug-likeness (QED) is 0.292. The molecular weight excluding hydrogens is 538 g/mol. The van der Waals surface area contributed by atoms with Gasteiger partial charge in [-0.05, 0) is 61.4 Å². The number of nitrogens with one attached hydrogen (secondary N) is 2. The summed E-state index contributed by atoms with van der Waals surface area (Å²) in [5, 5.41) is 18.8. The fraction of sp³-hybridized carbons (Fsp3) is 0.400. The summed E-state index contributed by atoms with van der Waals surface area (Å²) in [6, 6.07) is 8.41. The zero-order chi connectivity index (χ0) is 28.4. The van der Waals surface area contributed by atoms with Crippen LogP contribution in [-0.2, 0) is 16.6 Å². The molecule has 1 atom stereocenters. The van der Waals surface area contributed by atoms with Gasteiger partial charge in [0.2, 0.25) is 5.03 Å². The summed E-state index contributed by atoms with van der Waals surface area (Å²) in [6.45, 7) is 3.61. The van der Waals surface area contributed by atoms with Crippen LogP contribution in [0.5, 0.6) is 0 Å². The minimum absolute atomic E-state index is 0.00362. The van der Waals surface area contributed by atoms with Gasteiger partial charge in [-0.1, -0.05) is 0 Å².